The van der Waals surface area contributed by atoms with Crippen molar-refractivity contribution in [2.75, 3.05) is 0 Å². The quantitative estimate of drug-likeness (QED) is 0.630. The maximum absolute atomic E-state index is 12.3. The van der Waals surface area contributed by atoms with Crippen LogP contribution in [0.25, 0.3) is 0 Å². The summed E-state index contributed by atoms with van der Waals surface area (Å²) in [5, 5.41) is 2.80. The van der Waals surface area contributed by atoms with E-state index in [1.807, 2.05) is 30.3 Å². The number of carbonyl (C=O) groups is 2. The van der Waals surface area contributed by atoms with Gasteiger partial charge in [0.25, 0.3) is 5.91 Å². The largest absolute Gasteiger partial charge is 0.342 e. The Balaban J connectivity index is 2.20. The van der Waals surface area contributed by atoms with E-state index in [9.17, 15) is 9.59 Å². The van der Waals surface area contributed by atoms with E-state index < -0.39 is 6.04 Å². The van der Waals surface area contributed by atoms with Crippen LogP contribution in [0, 0.1) is 0 Å². The average Bonchev–Trinajstić information content (AvgIpc) is 2.49. The van der Waals surface area contributed by atoms with Crippen LogP contribution in [-0.4, -0.2) is 18.2 Å². The minimum atomic E-state index is -0.437. The van der Waals surface area contributed by atoms with Crippen LogP contribution in [0.3, 0.4) is 0 Å². The first-order valence-electron chi connectivity index (χ1n) is 7.30. The summed E-state index contributed by atoms with van der Waals surface area (Å²) < 4.78 is 0. The van der Waals surface area contributed by atoms with Gasteiger partial charge in [0.2, 0.25) is 0 Å². The third kappa shape index (κ3) is 4.05. The topological polar surface area (TPSA) is 46.2 Å². The Kier molecular flexibility index (Phi) is 5.54. The Morgan fingerprint density at radius 2 is 1.95 bits per heavy atom. The van der Waals surface area contributed by atoms with Gasteiger partial charge >= 0.3 is 0 Å². The lowest BCUT2D eigenvalue weighted by Gasteiger charge is -2.13. The normalized spacial score (nSPS) is 22.4. The number of hydrogen-bond acceptors (Lipinski definition) is 2. The van der Waals surface area contributed by atoms with Gasteiger partial charge < -0.3 is 10.1 Å². The van der Waals surface area contributed by atoms with E-state index in [0.29, 0.717) is 12.0 Å². The Hall–Kier alpha value is -1.90. The van der Waals surface area contributed by atoms with Crippen molar-refractivity contribution in [2.24, 2.45) is 0 Å². The molecule has 3 nitrogen and oxygen atoms in total. The number of allylic oxidation sites excluding steroid dienone is 1. The van der Waals surface area contributed by atoms with Crippen molar-refractivity contribution in [2.45, 2.75) is 44.6 Å². The van der Waals surface area contributed by atoms with Crippen molar-refractivity contribution >= 4 is 12.2 Å². The molecule has 1 aromatic carbocycles. The Morgan fingerprint density at radius 1 is 1.10 bits per heavy atom. The number of benzene rings is 1. The molecule has 0 radical (unpaired) electrons. The number of carbonyl (C=O) groups excluding carboxylic acids is 2. The van der Waals surface area contributed by atoms with Crippen LogP contribution in [0.2, 0.25) is 0 Å². The van der Waals surface area contributed by atoms with Crippen molar-refractivity contribution in [3.8, 4) is 0 Å². The lowest BCUT2D eigenvalue weighted by atomic mass is 10.0. The minimum Gasteiger partial charge on any atom is -0.342 e. The van der Waals surface area contributed by atoms with E-state index in [4.69, 9.17) is 0 Å². The molecule has 0 saturated carbocycles. The van der Waals surface area contributed by atoms with E-state index in [2.05, 4.69) is 11.4 Å². The number of aldehydes is 1. The second kappa shape index (κ2) is 7.63. The summed E-state index contributed by atoms with van der Waals surface area (Å²) in [7, 11) is 0. The maximum Gasteiger partial charge on any atom is 0.252 e. The van der Waals surface area contributed by atoms with Crippen molar-refractivity contribution in [3.63, 3.8) is 0 Å². The smallest absolute Gasteiger partial charge is 0.252 e. The van der Waals surface area contributed by atoms with Gasteiger partial charge in [-0.1, -0.05) is 36.8 Å². The average molecular weight is 271 g/mol. The lowest BCUT2D eigenvalue weighted by molar-refractivity contribution is -0.109. The van der Waals surface area contributed by atoms with Crippen molar-refractivity contribution in [1.82, 2.24) is 5.32 Å². The van der Waals surface area contributed by atoms with Gasteiger partial charge in [0, 0.05) is 5.56 Å². The summed E-state index contributed by atoms with van der Waals surface area (Å²) in [5.74, 6) is -0.148. The molecule has 1 atom stereocenters. The second-order valence-electron chi connectivity index (χ2n) is 5.18. The summed E-state index contributed by atoms with van der Waals surface area (Å²) in [6, 6.07) is 7.23. The number of amides is 1. The molecule has 2 rings (SSSR count). The van der Waals surface area contributed by atoms with Gasteiger partial charge in [0.1, 0.15) is 6.29 Å². The standard InChI is InChI=1S/C17H21NO2/c19-13-15-11-6-4-2-1-3-5-9-14-10-7-8-12-16(14)17(20)18-15/h4,6-8,10,12-13,15H,1-3,5,9,11H2,(H,18,20)/b6-4-. The number of fused-ring (bicyclic) bond motifs is 1. The number of aryl methyl sites for hydroxylation is 1. The van der Waals surface area contributed by atoms with Crippen LogP contribution in [0.15, 0.2) is 36.4 Å². The molecule has 0 aromatic heterocycles. The molecular weight excluding hydrogens is 250 g/mol. The molecule has 1 N–H and O–H groups in total. The maximum atomic E-state index is 12.3. The molecule has 20 heavy (non-hydrogen) atoms. The van der Waals surface area contributed by atoms with Gasteiger partial charge in [-0.05, 0) is 43.7 Å². The van der Waals surface area contributed by atoms with Gasteiger partial charge in [-0.2, -0.15) is 0 Å². The molecule has 0 aliphatic carbocycles. The highest BCUT2D eigenvalue weighted by atomic mass is 16.2. The van der Waals surface area contributed by atoms with Crippen molar-refractivity contribution < 1.29 is 9.59 Å². The molecule has 1 amide bonds. The van der Waals surface area contributed by atoms with E-state index in [0.717, 1.165) is 44.0 Å². The lowest BCUT2D eigenvalue weighted by Crippen LogP contribution is -2.36. The first-order valence-corrected chi connectivity index (χ1v) is 7.30. The zero-order valence-electron chi connectivity index (χ0n) is 11.7. The fourth-order valence-corrected chi connectivity index (χ4v) is 2.47. The highest BCUT2D eigenvalue weighted by Crippen LogP contribution is 2.14. The Morgan fingerprint density at radius 3 is 2.80 bits per heavy atom. The van der Waals surface area contributed by atoms with Crippen LogP contribution in [-0.2, 0) is 11.2 Å². The molecule has 0 saturated heterocycles. The van der Waals surface area contributed by atoms with Gasteiger partial charge in [-0.15, -0.1) is 0 Å². The predicted octanol–water partition coefficient (Wildman–Crippen LogP) is 3.05. The van der Waals surface area contributed by atoms with Crippen LogP contribution >= 0.6 is 0 Å². The minimum absolute atomic E-state index is 0.148. The Bertz CT molecular complexity index is 494. The first kappa shape index (κ1) is 14.5. The first-order chi connectivity index (χ1) is 9.81. The van der Waals surface area contributed by atoms with Crippen LogP contribution < -0.4 is 5.32 Å². The van der Waals surface area contributed by atoms with E-state index >= 15 is 0 Å². The molecule has 1 aliphatic heterocycles. The van der Waals surface area contributed by atoms with Gasteiger partial charge in [0.05, 0.1) is 6.04 Å². The summed E-state index contributed by atoms with van der Waals surface area (Å²) in [4.78, 5) is 23.3. The van der Waals surface area contributed by atoms with E-state index in [1.54, 1.807) is 0 Å². The van der Waals surface area contributed by atoms with Crippen LogP contribution in [0.5, 0.6) is 0 Å². The summed E-state index contributed by atoms with van der Waals surface area (Å²) in [6.07, 6.45) is 10.8. The summed E-state index contributed by atoms with van der Waals surface area (Å²) in [6.45, 7) is 0. The molecule has 106 valence electrons. The summed E-state index contributed by atoms with van der Waals surface area (Å²) in [5.41, 5.74) is 1.77. The molecule has 0 spiro atoms. The molecule has 1 unspecified atom stereocenters. The fraction of sp³-hybridized carbons (Fsp3) is 0.412. The van der Waals surface area contributed by atoms with Crippen molar-refractivity contribution in [1.29, 1.82) is 0 Å². The Labute approximate surface area is 120 Å². The molecular formula is C17H21NO2. The molecule has 0 fully saturated rings. The molecule has 0 bridgehead atoms. The molecule has 3 heteroatoms. The predicted molar refractivity (Wildman–Crippen MR) is 79.7 cm³/mol. The molecule has 1 aliphatic rings. The zero-order chi connectivity index (χ0) is 14.2. The van der Waals surface area contributed by atoms with E-state index in [-0.39, 0.29) is 5.91 Å². The third-order valence-corrected chi connectivity index (χ3v) is 3.62. The van der Waals surface area contributed by atoms with Crippen LogP contribution in [0.1, 0.15) is 48.0 Å². The van der Waals surface area contributed by atoms with Gasteiger partial charge in [-0.25, -0.2) is 0 Å². The second-order valence-corrected chi connectivity index (χ2v) is 5.18. The molecule has 1 heterocycles. The zero-order valence-corrected chi connectivity index (χ0v) is 11.7. The number of hydrogen-bond donors (Lipinski definition) is 1. The SMILES string of the molecule is O=CC1C/C=C\CCCCCc2ccccc2C(=O)N1. The van der Waals surface area contributed by atoms with Crippen molar-refractivity contribution in [3.05, 3.63) is 47.5 Å². The monoisotopic (exact) mass is 271 g/mol. The highest BCUT2D eigenvalue weighted by molar-refractivity contribution is 5.97. The molecule has 1 aromatic rings. The summed E-state index contributed by atoms with van der Waals surface area (Å²) >= 11 is 0. The highest BCUT2D eigenvalue weighted by Gasteiger charge is 2.15. The van der Waals surface area contributed by atoms with Crippen LogP contribution in [0.4, 0.5) is 0 Å². The van der Waals surface area contributed by atoms with Gasteiger partial charge in [-0.3, -0.25) is 4.79 Å². The van der Waals surface area contributed by atoms with Gasteiger partial charge in [0.15, 0.2) is 0 Å². The number of rotatable bonds is 1. The van der Waals surface area contributed by atoms with E-state index in [1.165, 1.54) is 0 Å². The number of nitrogens with one attached hydrogen (secondary N) is 1. The fourth-order valence-electron chi connectivity index (χ4n) is 2.47. The third-order valence-electron chi connectivity index (χ3n) is 3.62.